The van der Waals surface area contributed by atoms with Gasteiger partial charge in [-0.1, -0.05) is 22.0 Å². The quantitative estimate of drug-likeness (QED) is 0.535. The van der Waals surface area contributed by atoms with Gasteiger partial charge in [-0.2, -0.15) is 18.3 Å². The normalized spacial score (nSPS) is 16.6. The Bertz CT molecular complexity index is 1220. The third-order valence-corrected chi connectivity index (χ3v) is 6.93. The molecule has 0 radical (unpaired) electrons. The van der Waals surface area contributed by atoms with Crippen LogP contribution in [0.4, 0.5) is 17.6 Å². The first-order valence-electron chi connectivity index (χ1n) is 8.33. The van der Waals surface area contributed by atoms with Gasteiger partial charge < -0.3 is 0 Å². The monoisotopic (exact) mass is 502 g/mol. The zero-order valence-corrected chi connectivity index (χ0v) is 17.1. The van der Waals surface area contributed by atoms with Crippen molar-refractivity contribution in [3.63, 3.8) is 0 Å². The molecule has 0 saturated heterocycles. The van der Waals surface area contributed by atoms with Crippen molar-refractivity contribution in [3.05, 3.63) is 81.7 Å². The first-order chi connectivity index (χ1) is 14.1. The summed E-state index contributed by atoms with van der Waals surface area (Å²) in [6.07, 6.45) is -0.0699. The van der Waals surface area contributed by atoms with Crippen LogP contribution in [-0.4, -0.2) is 27.9 Å². The van der Waals surface area contributed by atoms with E-state index in [1.165, 1.54) is 30.6 Å². The molecule has 1 atom stereocenters. The minimum atomic E-state index is -4.71. The first kappa shape index (κ1) is 20.5. The Morgan fingerprint density at radius 1 is 1.13 bits per heavy atom. The molecule has 1 aliphatic rings. The van der Waals surface area contributed by atoms with Crippen LogP contribution in [0.5, 0.6) is 0 Å². The molecule has 30 heavy (non-hydrogen) atoms. The molecule has 0 bridgehead atoms. The number of fused-ring (bicyclic) bond motifs is 1. The number of aromatic amines is 1. The number of halogens is 5. The van der Waals surface area contributed by atoms with Gasteiger partial charge in [0, 0.05) is 28.0 Å². The number of sulfonamides is 1. The van der Waals surface area contributed by atoms with Gasteiger partial charge in [0.15, 0.2) is 0 Å². The molecule has 4 rings (SSSR count). The second-order valence-electron chi connectivity index (χ2n) is 6.30. The molecular weight excluding hydrogens is 492 g/mol. The molecular formula is C18H11BrF4N4O2S. The summed E-state index contributed by atoms with van der Waals surface area (Å²) in [4.78, 5) is 2.75. The first-order valence-corrected chi connectivity index (χ1v) is 10.6. The summed E-state index contributed by atoms with van der Waals surface area (Å²) >= 11 is 3.25. The summed E-state index contributed by atoms with van der Waals surface area (Å²) in [5.74, 6) is -0.664. The predicted molar refractivity (Wildman–Crippen MR) is 102 cm³/mol. The van der Waals surface area contributed by atoms with Crippen molar-refractivity contribution in [2.45, 2.75) is 17.1 Å². The molecule has 0 amide bonds. The Labute approximate surface area is 176 Å². The molecule has 0 spiro atoms. The second-order valence-corrected chi connectivity index (χ2v) is 9.00. The highest BCUT2D eigenvalue weighted by Gasteiger charge is 2.39. The molecule has 3 heterocycles. The van der Waals surface area contributed by atoms with Crippen LogP contribution in [0.3, 0.4) is 0 Å². The lowest BCUT2D eigenvalue weighted by Crippen LogP contribution is -2.34. The summed E-state index contributed by atoms with van der Waals surface area (Å²) in [6, 6.07) is 4.45. The minimum absolute atomic E-state index is 0.0351. The molecule has 1 aliphatic heterocycles. The fourth-order valence-corrected chi connectivity index (χ4v) is 5.07. The van der Waals surface area contributed by atoms with Crippen LogP contribution >= 0.6 is 15.9 Å². The standard InChI is InChI=1S/C18H11BrF4N4O2S/c19-12-2-1-3-13(20)16(12)17-11-9-25-26-14(11)6-7-27(17)30(28,29)10-4-5-15(24-8-10)18(21,22)23/h1-9,17H,(H,25,26). The lowest BCUT2D eigenvalue weighted by Gasteiger charge is -2.33. The van der Waals surface area contributed by atoms with Crippen molar-refractivity contribution >= 4 is 32.0 Å². The average Bonchev–Trinajstić information content (AvgIpc) is 3.16. The van der Waals surface area contributed by atoms with E-state index in [1.807, 2.05) is 0 Å². The van der Waals surface area contributed by atoms with Gasteiger partial charge in [-0.25, -0.2) is 12.8 Å². The van der Waals surface area contributed by atoms with E-state index in [9.17, 15) is 26.0 Å². The zero-order valence-electron chi connectivity index (χ0n) is 14.7. The van der Waals surface area contributed by atoms with Crippen molar-refractivity contribution in [2.75, 3.05) is 0 Å². The van der Waals surface area contributed by atoms with Gasteiger partial charge in [-0.05, 0) is 30.3 Å². The summed E-state index contributed by atoms with van der Waals surface area (Å²) < 4.78 is 80.8. The van der Waals surface area contributed by atoms with Crippen molar-refractivity contribution < 1.29 is 26.0 Å². The largest absolute Gasteiger partial charge is 0.433 e. The van der Waals surface area contributed by atoms with Crippen LogP contribution < -0.4 is 0 Å². The van der Waals surface area contributed by atoms with E-state index in [4.69, 9.17) is 0 Å². The topological polar surface area (TPSA) is 79.0 Å². The zero-order chi connectivity index (χ0) is 21.7. The van der Waals surface area contributed by atoms with Gasteiger partial charge in [-0.3, -0.25) is 14.4 Å². The van der Waals surface area contributed by atoms with Crippen LogP contribution in [0.1, 0.15) is 28.6 Å². The van der Waals surface area contributed by atoms with Crippen molar-refractivity contribution in [1.29, 1.82) is 0 Å². The fraction of sp³-hybridized carbons (Fsp3) is 0.111. The number of benzene rings is 1. The Hall–Kier alpha value is -2.73. The molecule has 0 saturated carbocycles. The van der Waals surface area contributed by atoms with Gasteiger partial charge in [0.25, 0.3) is 10.0 Å². The molecule has 0 aliphatic carbocycles. The van der Waals surface area contributed by atoms with E-state index in [1.54, 1.807) is 6.07 Å². The van der Waals surface area contributed by atoms with Gasteiger partial charge in [0.2, 0.25) is 0 Å². The molecule has 3 aromatic rings. The second kappa shape index (κ2) is 7.20. The summed E-state index contributed by atoms with van der Waals surface area (Å²) in [5, 5.41) is 6.59. The SMILES string of the molecule is O=S(=O)(c1ccc(C(F)(F)F)nc1)N1C=Cc2[nH]ncc2C1c1c(F)cccc1Br. The number of hydrogen-bond acceptors (Lipinski definition) is 4. The minimum Gasteiger partial charge on any atom is -0.278 e. The highest BCUT2D eigenvalue weighted by molar-refractivity contribution is 9.10. The maximum atomic E-state index is 14.7. The van der Waals surface area contributed by atoms with Gasteiger partial charge in [-0.15, -0.1) is 0 Å². The van der Waals surface area contributed by atoms with Crippen LogP contribution in [-0.2, 0) is 16.2 Å². The summed E-state index contributed by atoms with van der Waals surface area (Å²) in [5.41, 5.74) is -0.326. The predicted octanol–water partition coefficient (Wildman–Crippen LogP) is 4.49. The van der Waals surface area contributed by atoms with E-state index >= 15 is 0 Å². The average molecular weight is 503 g/mol. The van der Waals surface area contributed by atoms with E-state index in [0.717, 1.165) is 10.4 Å². The van der Waals surface area contributed by atoms with Crippen molar-refractivity contribution in [3.8, 4) is 0 Å². The molecule has 12 heteroatoms. The number of hydrogen-bond donors (Lipinski definition) is 1. The molecule has 1 aromatic carbocycles. The third-order valence-electron chi connectivity index (χ3n) is 4.51. The van der Waals surface area contributed by atoms with E-state index in [-0.39, 0.29) is 5.56 Å². The fourth-order valence-electron chi connectivity index (χ4n) is 3.12. The Kier molecular flexibility index (Phi) is 4.93. The van der Waals surface area contributed by atoms with E-state index < -0.39 is 38.6 Å². The Morgan fingerprint density at radius 2 is 1.90 bits per heavy atom. The molecule has 0 fully saturated rings. The van der Waals surface area contributed by atoms with Crippen molar-refractivity contribution in [1.82, 2.24) is 19.5 Å². The van der Waals surface area contributed by atoms with Crippen LogP contribution in [0, 0.1) is 5.82 Å². The van der Waals surface area contributed by atoms with Crippen LogP contribution in [0.15, 0.2) is 58.3 Å². The maximum absolute atomic E-state index is 14.7. The molecule has 1 N–H and O–H groups in total. The Morgan fingerprint density at radius 3 is 2.53 bits per heavy atom. The van der Waals surface area contributed by atoms with Crippen LogP contribution in [0.25, 0.3) is 6.08 Å². The number of H-pyrrole nitrogens is 1. The number of nitrogens with one attached hydrogen (secondary N) is 1. The van der Waals surface area contributed by atoms with E-state index in [0.29, 0.717) is 28.0 Å². The summed E-state index contributed by atoms with van der Waals surface area (Å²) in [6.45, 7) is 0. The lowest BCUT2D eigenvalue weighted by atomic mass is 9.97. The number of aromatic nitrogens is 3. The number of rotatable bonds is 3. The van der Waals surface area contributed by atoms with Crippen LogP contribution in [0.2, 0.25) is 0 Å². The van der Waals surface area contributed by atoms with Gasteiger partial charge in [0.05, 0.1) is 11.9 Å². The van der Waals surface area contributed by atoms with Gasteiger partial charge >= 0.3 is 6.18 Å². The molecule has 2 aromatic heterocycles. The smallest absolute Gasteiger partial charge is 0.278 e. The third kappa shape index (κ3) is 3.39. The highest BCUT2D eigenvalue weighted by Crippen LogP contribution is 2.42. The Balaban J connectivity index is 1.86. The number of alkyl halides is 3. The summed E-state index contributed by atoms with van der Waals surface area (Å²) in [7, 11) is -4.39. The number of pyridine rings is 1. The molecule has 6 nitrogen and oxygen atoms in total. The maximum Gasteiger partial charge on any atom is 0.433 e. The van der Waals surface area contributed by atoms with E-state index in [2.05, 4.69) is 31.1 Å². The van der Waals surface area contributed by atoms with Gasteiger partial charge in [0.1, 0.15) is 22.4 Å². The van der Waals surface area contributed by atoms with Crippen molar-refractivity contribution in [2.24, 2.45) is 0 Å². The highest BCUT2D eigenvalue weighted by atomic mass is 79.9. The molecule has 1 unspecified atom stereocenters. The molecule has 156 valence electrons. The number of nitrogens with zero attached hydrogens (tertiary/aromatic N) is 3. The lowest BCUT2D eigenvalue weighted by molar-refractivity contribution is -0.141.